The van der Waals surface area contributed by atoms with Crippen LogP contribution in [0.25, 0.3) is 0 Å². The maximum Gasteiger partial charge on any atom is 0.0828 e. The Morgan fingerprint density at radius 1 is 1.00 bits per heavy atom. The van der Waals surface area contributed by atoms with E-state index in [1.807, 2.05) is 12.1 Å². The molecule has 0 amide bonds. The number of anilines is 1. The van der Waals surface area contributed by atoms with E-state index in [4.69, 9.17) is 23.2 Å². The minimum Gasteiger partial charge on any atom is -0.370 e. The van der Waals surface area contributed by atoms with Gasteiger partial charge in [-0.1, -0.05) is 59.6 Å². The molecule has 0 aliphatic carbocycles. The van der Waals surface area contributed by atoms with Gasteiger partial charge in [-0.2, -0.15) is 0 Å². The molecule has 0 bridgehead atoms. The van der Waals surface area contributed by atoms with Gasteiger partial charge in [0.05, 0.1) is 15.7 Å². The number of piperidine rings is 1. The normalized spacial score (nSPS) is 16.0. The lowest BCUT2D eigenvalue weighted by molar-refractivity contribution is 0.403. The second-order valence-corrected chi connectivity index (χ2v) is 6.77. The first-order valence-electron chi connectivity index (χ1n) is 7.74. The van der Waals surface area contributed by atoms with Gasteiger partial charge in [-0.25, -0.2) is 0 Å². The Balaban J connectivity index is 1.66. The second kappa shape index (κ2) is 6.93. The highest BCUT2D eigenvalue weighted by Crippen LogP contribution is 2.37. The van der Waals surface area contributed by atoms with E-state index in [-0.39, 0.29) is 0 Å². The zero-order valence-electron chi connectivity index (χ0n) is 12.6. The molecule has 115 valence electrons. The summed E-state index contributed by atoms with van der Waals surface area (Å²) in [4.78, 5) is 2.33. The highest BCUT2D eigenvalue weighted by atomic mass is 35.5. The van der Waals surface area contributed by atoms with E-state index in [1.165, 1.54) is 18.4 Å². The van der Waals surface area contributed by atoms with Crippen molar-refractivity contribution in [2.24, 2.45) is 5.92 Å². The number of nitrogens with zero attached hydrogens (tertiary/aromatic N) is 1. The van der Waals surface area contributed by atoms with Crippen molar-refractivity contribution in [3.63, 3.8) is 0 Å². The summed E-state index contributed by atoms with van der Waals surface area (Å²) in [5.74, 6) is 0.741. The van der Waals surface area contributed by atoms with Crippen molar-refractivity contribution < 1.29 is 0 Å². The molecule has 0 saturated carbocycles. The zero-order valence-corrected chi connectivity index (χ0v) is 14.1. The van der Waals surface area contributed by atoms with Gasteiger partial charge in [-0.05, 0) is 49.3 Å². The summed E-state index contributed by atoms with van der Waals surface area (Å²) in [5.41, 5.74) is 3.39. The largest absolute Gasteiger partial charge is 0.370 e. The van der Waals surface area contributed by atoms with Crippen LogP contribution < -0.4 is 4.90 Å². The molecule has 1 heterocycles. The number of benzene rings is 2. The van der Waals surface area contributed by atoms with Crippen molar-refractivity contribution in [3.8, 4) is 0 Å². The standard InChI is InChI=1S/C19H20Cl2N/c1-14-7-8-17(20)18(21)19(14)22-11-9-16(10-12-22)13-15-5-3-2-4-6-15/h2-8,16H,1,9-13H2. The fourth-order valence-corrected chi connectivity index (χ4v) is 3.69. The molecular formula is C19H20Cl2N. The van der Waals surface area contributed by atoms with Gasteiger partial charge < -0.3 is 4.90 Å². The first kappa shape index (κ1) is 15.7. The minimum absolute atomic E-state index is 0.607. The van der Waals surface area contributed by atoms with Crippen LogP contribution in [0.2, 0.25) is 10.0 Å². The quantitative estimate of drug-likeness (QED) is 0.703. The van der Waals surface area contributed by atoms with Crippen molar-refractivity contribution in [2.45, 2.75) is 19.3 Å². The molecule has 2 aromatic rings. The van der Waals surface area contributed by atoms with Gasteiger partial charge in [-0.15, -0.1) is 0 Å². The van der Waals surface area contributed by atoms with E-state index in [2.05, 4.69) is 42.2 Å². The summed E-state index contributed by atoms with van der Waals surface area (Å²) in [6.45, 7) is 6.13. The van der Waals surface area contributed by atoms with Crippen molar-refractivity contribution >= 4 is 28.9 Å². The molecule has 22 heavy (non-hydrogen) atoms. The van der Waals surface area contributed by atoms with E-state index in [0.717, 1.165) is 36.7 Å². The molecule has 2 aromatic carbocycles. The summed E-state index contributed by atoms with van der Waals surface area (Å²) in [5, 5.41) is 1.24. The van der Waals surface area contributed by atoms with Crippen LogP contribution in [-0.2, 0) is 6.42 Å². The van der Waals surface area contributed by atoms with E-state index in [0.29, 0.717) is 10.0 Å². The Kier molecular flexibility index (Phi) is 4.95. The molecular weight excluding hydrogens is 313 g/mol. The van der Waals surface area contributed by atoms with E-state index in [9.17, 15) is 0 Å². The van der Waals surface area contributed by atoms with Gasteiger partial charge in [0.1, 0.15) is 0 Å². The molecule has 1 saturated heterocycles. The summed E-state index contributed by atoms with van der Waals surface area (Å²) in [7, 11) is 0. The van der Waals surface area contributed by atoms with Crippen molar-refractivity contribution in [2.75, 3.05) is 18.0 Å². The Labute approximate surface area is 142 Å². The average molecular weight is 333 g/mol. The molecule has 1 fully saturated rings. The highest BCUT2D eigenvalue weighted by molar-refractivity contribution is 6.43. The van der Waals surface area contributed by atoms with Gasteiger partial charge >= 0.3 is 0 Å². The lowest BCUT2D eigenvalue weighted by Crippen LogP contribution is -2.35. The number of hydrogen-bond donors (Lipinski definition) is 0. The Bertz CT molecular complexity index is 631. The lowest BCUT2D eigenvalue weighted by Gasteiger charge is -2.35. The fraction of sp³-hybridized carbons (Fsp3) is 0.316. The molecule has 0 aromatic heterocycles. The zero-order chi connectivity index (χ0) is 15.5. The SMILES string of the molecule is [CH2]c1ccc(Cl)c(Cl)c1N1CCC(Cc2ccccc2)CC1. The fourth-order valence-electron chi connectivity index (χ4n) is 3.23. The monoisotopic (exact) mass is 332 g/mol. The van der Waals surface area contributed by atoms with Crippen LogP contribution in [0.4, 0.5) is 5.69 Å². The first-order chi connectivity index (χ1) is 10.6. The molecule has 0 N–H and O–H groups in total. The Hall–Kier alpha value is -1.18. The predicted molar refractivity (Wildman–Crippen MR) is 96.0 cm³/mol. The van der Waals surface area contributed by atoms with E-state index < -0.39 is 0 Å². The molecule has 0 spiro atoms. The van der Waals surface area contributed by atoms with Gasteiger partial charge in [0, 0.05) is 13.1 Å². The van der Waals surface area contributed by atoms with Crippen LogP contribution in [0, 0.1) is 12.8 Å². The van der Waals surface area contributed by atoms with Gasteiger partial charge in [0.25, 0.3) is 0 Å². The highest BCUT2D eigenvalue weighted by Gasteiger charge is 2.23. The molecule has 1 aliphatic heterocycles. The van der Waals surface area contributed by atoms with Gasteiger partial charge in [-0.3, -0.25) is 0 Å². The van der Waals surface area contributed by atoms with Crippen LogP contribution in [0.1, 0.15) is 24.0 Å². The third kappa shape index (κ3) is 3.42. The summed E-state index contributed by atoms with van der Waals surface area (Å²) in [6, 6.07) is 14.5. The van der Waals surface area contributed by atoms with Crippen LogP contribution >= 0.6 is 23.2 Å². The topological polar surface area (TPSA) is 3.24 Å². The molecule has 3 rings (SSSR count). The third-order valence-corrected chi connectivity index (χ3v) is 5.24. The van der Waals surface area contributed by atoms with Crippen LogP contribution in [0.15, 0.2) is 42.5 Å². The lowest BCUT2D eigenvalue weighted by atomic mass is 9.90. The summed E-state index contributed by atoms with van der Waals surface area (Å²) < 4.78 is 0. The maximum atomic E-state index is 6.38. The van der Waals surface area contributed by atoms with Crippen molar-refractivity contribution in [1.29, 1.82) is 0 Å². The number of halogens is 2. The van der Waals surface area contributed by atoms with Gasteiger partial charge in [0.15, 0.2) is 0 Å². The van der Waals surface area contributed by atoms with Crippen molar-refractivity contribution in [1.82, 2.24) is 0 Å². The molecule has 3 heteroatoms. The molecule has 1 aliphatic rings. The minimum atomic E-state index is 0.607. The van der Waals surface area contributed by atoms with E-state index in [1.54, 1.807) is 0 Å². The van der Waals surface area contributed by atoms with Crippen LogP contribution in [0.3, 0.4) is 0 Å². The van der Waals surface area contributed by atoms with Crippen LogP contribution in [-0.4, -0.2) is 13.1 Å². The maximum absolute atomic E-state index is 6.38. The van der Waals surface area contributed by atoms with Crippen LogP contribution in [0.5, 0.6) is 0 Å². The smallest absolute Gasteiger partial charge is 0.0828 e. The average Bonchev–Trinajstić information content (AvgIpc) is 2.54. The molecule has 1 radical (unpaired) electrons. The third-order valence-electron chi connectivity index (χ3n) is 4.45. The Morgan fingerprint density at radius 3 is 2.36 bits per heavy atom. The first-order valence-corrected chi connectivity index (χ1v) is 8.49. The summed E-state index contributed by atoms with van der Waals surface area (Å²) >= 11 is 12.5. The summed E-state index contributed by atoms with van der Waals surface area (Å²) in [6.07, 6.45) is 3.52. The molecule has 1 nitrogen and oxygen atoms in total. The second-order valence-electron chi connectivity index (χ2n) is 5.99. The Morgan fingerprint density at radius 2 is 1.68 bits per heavy atom. The predicted octanol–water partition coefficient (Wildman–Crippen LogP) is 5.63. The molecule has 0 atom stereocenters. The number of rotatable bonds is 3. The van der Waals surface area contributed by atoms with E-state index >= 15 is 0 Å². The number of hydrogen-bond acceptors (Lipinski definition) is 1. The van der Waals surface area contributed by atoms with Crippen molar-refractivity contribution in [3.05, 3.63) is 70.6 Å². The van der Waals surface area contributed by atoms with Gasteiger partial charge in [0.2, 0.25) is 0 Å². The molecule has 0 unspecified atom stereocenters.